The lowest BCUT2D eigenvalue weighted by Gasteiger charge is -2.25. The smallest absolute Gasteiger partial charge is 0.172 e. The van der Waals surface area contributed by atoms with Gasteiger partial charge in [0.25, 0.3) is 0 Å². The molecule has 4 heteroatoms. The van der Waals surface area contributed by atoms with Gasteiger partial charge in [-0.2, -0.15) is 0 Å². The molecule has 0 bridgehead atoms. The van der Waals surface area contributed by atoms with Crippen LogP contribution in [-0.4, -0.2) is 6.61 Å². The van der Waals surface area contributed by atoms with E-state index in [0.717, 1.165) is 0 Å². The summed E-state index contributed by atoms with van der Waals surface area (Å²) in [5.74, 6) is -0.990. The Hall–Kier alpha value is -1.94. The highest BCUT2D eigenvalue weighted by atomic mass is 19.1. The normalized spacial score (nSPS) is 12.4. The van der Waals surface area contributed by atoms with Crippen LogP contribution in [0.1, 0.15) is 26.3 Å². The third kappa shape index (κ3) is 2.10. The molecule has 3 aromatic rings. The summed E-state index contributed by atoms with van der Waals surface area (Å²) in [6.45, 7) is 5.92. The molecule has 0 spiro atoms. The third-order valence-corrected chi connectivity index (χ3v) is 3.71. The summed E-state index contributed by atoms with van der Waals surface area (Å²) in [6, 6.07) is 8.03. The Bertz CT molecular complexity index is 818. The molecule has 0 aliphatic carbocycles. The maximum atomic E-state index is 14.8. The summed E-state index contributed by atoms with van der Waals surface area (Å²) >= 11 is 0. The van der Waals surface area contributed by atoms with Gasteiger partial charge in [-0.15, -0.1) is 0 Å². The average Bonchev–Trinajstić information content (AvgIpc) is 2.80. The van der Waals surface area contributed by atoms with Crippen molar-refractivity contribution < 1.29 is 17.9 Å². The molecule has 2 aromatic carbocycles. The molecule has 3 rings (SSSR count). The molecule has 1 aromatic heterocycles. The van der Waals surface area contributed by atoms with Crippen molar-refractivity contribution in [2.24, 2.45) is 0 Å². The van der Waals surface area contributed by atoms with Crippen LogP contribution < -0.4 is 0 Å². The monoisotopic (exact) mass is 290 g/mol. The number of hydrogen-bond donors (Lipinski definition) is 0. The van der Waals surface area contributed by atoms with E-state index < -0.39 is 17.2 Å². The van der Waals surface area contributed by atoms with Gasteiger partial charge in [-0.25, -0.2) is 8.78 Å². The second kappa shape index (κ2) is 4.81. The van der Waals surface area contributed by atoms with Crippen molar-refractivity contribution in [3.05, 3.63) is 47.5 Å². The first-order chi connectivity index (χ1) is 9.95. The molecule has 110 valence electrons. The largest absolute Gasteiger partial charge is 0.450 e. The molecule has 0 saturated heterocycles. The minimum atomic E-state index is -0.773. The number of para-hydroxylation sites is 1. The van der Waals surface area contributed by atoms with Gasteiger partial charge in [-0.1, -0.05) is 18.2 Å². The topological polar surface area (TPSA) is 22.4 Å². The van der Waals surface area contributed by atoms with E-state index >= 15 is 0 Å². The van der Waals surface area contributed by atoms with Crippen LogP contribution in [0.25, 0.3) is 21.9 Å². The molecular weight excluding hydrogens is 274 g/mol. The molecule has 0 aliphatic rings. The molecule has 0 aliphatic heterocycles. The molecule has 2 nitrogen and oxygen atoms in total. The first kappa shape index (κ1) is 14.0. The maximum absolute atomic E-state index is 14.8. The van der Waals surface area contributed by atoms with Crippen molar-refractivity contribution in [2.45, 2.75) is 26.4 Å². The highest BCUT2D eigenvalue weighted by Gasteiger charge is 2.27. The van der Waals surface area contributed by atoms with E-state index in [1.165, 1.54) is 6.07 Å². The summed E-state index contributed by atoms with van der Waals surface area (Å²) in [5.41, 5.74) is -0.223. The number of ether oxygens (including phenoxy) is 1. The van der Waals surface area contributed by atoms with Gasteiger partial charge in [0.05, 0.1) is 5.60 Å². The zero-order valence-corrected chi connectivity index (χ0v) is 12.2. The van der Waals surface area contributed by atoms with Crippen LogP contribution in [0.3, 0.4) is 0 Å². The first-order valence-corrected chi connectivity index (χ1v) is 6.89. The van der Waals surface area contributed by atoms with Crippen molar-refractivity contribution in [3.63, 3.8) is 0 Å². The van der Waals surface area contributed by atoms with Gasteiger partial charge in [0.15, 0.2) is 22.8 Å². The zero-order chi connectivity index (χ0) is 15.2. The molecule has 0 unspecified atom stereocenters. The number of halogens is 2. The minimum absolute atomic E-state index is 0.0698. The van der Waals surface area contributed by atoms with Crippen LogP contribution in [0.2, 0.25) is 0 Å². The van der Waals surface area contributed by atoms with Gasteiger partial charge in [0.2, 0.25) is 0 Å². The molecular formula is C17H16F2O2. The van der Waals surface area contributed by atoms with E-state index in [1.54, 1.807) is 38.1 Å². The molecule has 0 atom stereocenters. The number of fused-ring (bicyclic) bond motifs is 3. The van der Waals surface area contributed by atoms with Crippen LogP contribution in [0.4, 0.5) is 8.78 Å². The fraction of sp³-hybridized carbons (Fsp3) is 0.294. The summed E-state index contributed by atoms with van der Waals surface area (Å²) < 4.78 is 39.5. The van der Waals surface area contributed by atoms with Crippen molar-refractivity contribution in [1.29, 1.82) is 0 Å². The van der Waals surface area contributed by atoms with Gasteiger partial charge in [-0.05, 0) is 32.9 Å². The Morgan fingerprint density at radius 2 is 1.76 bits per heavy atom. The molecule has 1 heterocycles. The lowest BCUT2D eigenvalue weighted by atomic mass is 9.96. The molecule has 0 radical (unpaired) electrons. The van der Waals surface area contributed by atoms with Crippen LogP contribution in [0.15, 0.2) is 34.7 Å². The highest BCUT2D eigenvalue weighted by molar-refractivity contribution is 6.05. The zero-order valence-electron chi connectivity index (χ0n) is 12.2. The minimum Gasteiger partial charge on any atom is -0.450 e. The number of hydrogen-bond acceptors (Lipinski definition) is 2. The Morgan fingerprint density at radius 1 is 1.05 bits per heavy atom. The van der Waals surface area contributed by atoms with Crippen molar-refractivity contribution in [2.75, 3.05) is 6.61 Å². The van der Waals surface area contributed by atoms with Crippen LogP contribution in [0, 0.1) is 11.6 Å². The Morgan fingerprint density at radius 3 is 2.48 bits per heavy atom. The fourth-order valence-electron chi connectivity index (χ4n) is 2.70. The summed E-state index contributed by atoms with van der Waals surface area (Å²) in [6.07, 6.45) is 0. The molecule has 0 fully saturated rings. The van der Waals surface area contributed by atoms with Crippen LogP contribution >= 0.6 is 0 Å². The van der Waals surface area contributed by atoms with Crippen molar-refractivity contribution in [1.82, 2.24) is 0 Å². The predicted octanol–water partition coefficient (Wildman–Crippen LogP) is 5.14. The van der Waals surface area contributed by atoms with E-state index in [-0.39, 0.29) is 11.2 Å². The maximum Gasteiger partial charge on any atom is 0.172 e. The molecule has 0 saturated carbocycles. The number of benzene rings is 2. The van der Waals surface area contributed by atoms with Crippen molar-refractivity contribution >= 4 is 21.9 Å². The van der Waals surface area contributed by atoms with E-state index in [2.05, 4.69) is 0 Å². The van der Waals surface area contributed by atoms with Crippen LogP contribution in [-0.2, 0) is 10.3 Å². The molecule has 0 N–H and O–H groups in total. The van der Waals surface area contributed by atoms with E-state index in [1.807, 2.05) is 6.92 Å². The van der Waals surface area contributed by atoms with Gasteiger partial charge in [0.1, 0.15) is 0 Å². The SMILES string of the molecule is CCOC(C)(C)c1ccc2c(oc3c(F)cccc32)c1F. The second-order valence-electron chi connectivity index (χ2n) is 5.47. The number of furan rings is 1. The third-order valence-electron chi connectivity index (χ3n) is 3.71. The average molecular weight is 290 g/mol. The highest BCUT2D eigenvalue weighted by Crippen LogP contribution is 2.36. The second-order valence-corrected chi connectivity index (χ2v) is 5.47. The summed E-state index contributed by atoms with van der Waals surface area (Å²) in [4.78, 5) is 0. The Kier molecular flexibility index (Phi) is 3.21. The predicted molar refractivity (Wildman–Crippen MR) is 78.3 cm³/mol. The molecule has 21 heavy (non-hydrogen) atoms. The quantitative estimate of drug-likeness (QED) is 0.666. The van der Waals surface area contributed by atoms with Crippen LogP contribution in [0.5, 0.6) is 0 Å². The Labute approximate surface area is 121 Å². The Balaban J connectivity index is 2.31. The lowest BCUT2D eigenvalue weighted by Crippen LogP contribution is -2.23. The fourth-order valence-corrected chi connectivity index (χ4v) is 2.70. The van der Waals surface area contributed by atoms with Gasteiger partial charge in [-0.3, -0.25) is 0 Å². The van der Waals surface area contributed by atoms with E-state index in [4.69, 9.17) is 9.15 Å². The van der Waals surface area contributed by atoms with Crippen molar-refractivity contribution in [3.8, 4) is 0 Å². The van der Waals surface area contributed by atoms with E-state index in [0.29, 0.717) is 22.9 Å². The van der Waals surface area contributed by atoms with Gasteiger partial charge < -0.3 is 9.15 Å². The summed E-state index contributed by atoms with van der Waals surface area (Å²) in [5, 5.41) is 1.14. The first-order valence-electron chi connectivity index (χ1n) is 6.89. The standard InChI is InChI=1S/C17H16F2O2/c1-4-20-17(2,3)12-9-8-11-10-6-5-7-13(18)15(10)21-16(11)14(12)19/h5-9H,4H2,1-3H3. The summed E-state index contributed by atoms with van der Waals surface area (Å²) in [7, 11) is 0. The number of rotatable bonds is 3. The lowest BCUT2D eigenvalue weighted by molar-refractivity contribution is -0.0164. The van der Waals surface area contributed by atoms with Gasteiger partial charge in [0, 0.05) is 22.9 Å². The van der Waals surface area contributed by atoms with E-state index in [9.17, 15) is 8.78 Å². The van der Waals surface area contributed by atoms with Gasteiger partial charge >= 0.3 is 0 Å². The molecule has 0 amide bonds.